The van der Waals surface area contributed by atoms with Crippen molar-refractivity contribution < 1.29 is 42.1 Å². The van der Waals surface area contributed by atoms with E-state index in [9.17, 15) is 19.0 Å². The van der Waals surface area contributed by atoms with Crippen molar-refractivity contribution in [1.82, 2.24) is 0 Å². The van der Waals surface area contributed by atoms with Gasteiger partial charge in [-0.1, -0.05) is 224 Å². The Morgan fingerprint density at radius 2 is 0.779 bits per heavy atom. The summed E-state index contributed by atoms with van der Waals surface area (Å²) >= 11 is 0. The molecule has 0 spiro atoms. The van der Waals surface area contributed by atoms with Gasteiger partial charge in [0, 0.05) is 12.8 Å². The van der Waals surface area contributed by atoms with Crippen molar-refractivity contribution in [1.29, 1.82) is 0 Å². The highest BCUT2D eigenvalue weighted by atomic mass is 31.2. The zero-order chi connectivity index (χ0) is 49.9. The Bertz CT molecular complexity index is 1250. The third-order valence-corrected chi connectivity index (χ3v) is 13.6. The quantitative estimate of drug-likeness (QED) is 0.0195. The molecule has 400 valence electrons. The van der Waals surface area contributed by atoms with E-state index in [4.69, 9.17) is 18.5 Å². The summed E-state index contributed by atoms with van der Waals surface area (Å²) < 4.78 is 34.1. The number of phosphoric ester groups is 1. The zero-order valence-electron chi connectivity index (χ0n) is 45.3. The Labute approximate surface area is 421 Å². The summed E-state index contributed by atoms with van der Waals surface area (Å²) in [5, 5.41) is 0. The lowest BCUT2D eigenvalue weighted by molar-refractivity contribution is -0.870. The molecule has 0 heterocycles. The van der Waals surface area contributed by atoms with Crippen LogP contribution in [0.4, 0.5) is 0 Å². The molecule has 2 atom stereocenters. The number of nitrogens with zero attached hydrogens (tertiary/aromatic N) is 1. The van der Waals surface area contributed by atoms with Gasteiger partial charge in [-0.15, -0.1) is 0 Å². The lowest BCUT2D eigenvalue weighted by Gasteiger charge is -2.28. The fourth-order valence-corrected chi connectivity index (χ4v) is 8.87. The monoisotopic (exact) mass is 980 g/mol. The SMILES string of the molecule is CCCCCCCC/C=C/CCCCCCCCCCCCCC(=O)O[C@H](COC(=O)CCC/C=C/CC/C=C/CCCCCCCCCCCCCCCC)COP(=O)([O-])OCC[N+](C)(C)C. The topological polar surface area (TPSA) is 111 Å². The zero-order valence-corrected chi connectivity index (χ0v) is 46.2. The maximum atomic E-state index is 12.8. The van der Waals surface area contributed by atoms with Crippen molar-refractivity contribution in [3.8, 4) is 0 Å². The molecule has 68 heavy (non-hydrogen) atoms. The number of quaternary nitrogens is 1. The van der Waals surface area contributed by atoms with Crippen LogP contribution in [0.2, 0.25) is 0 Å². The summed E-state index contributed by atoms with van der Waals surface area (Å²) in [4.78, 5) is 37.8. The highest BCUT2D eigenvalue weighted by molar-refractivity contribution is 7.45. The molecule has 0 saturated heterocycles. The van der Waals surface area contributed by atoms with Gasteiger partial charge in [0.1, 0.15) is 19.8 Å². The van der Waals surface area contributed by atoms with E-state index in [2.05, 4.69) is 50.3 Å². The van der Waals surface area contributed by atoms with E-state index >= 15 is 0 Å². The van der Waals surface area contributed by atoms with Gasteiger partial charge in [0.15, 0.2) is 6.10 Å². The molecule has 0 radical (unpaired) electrons. The van der Waals surface area contributed by atoms with Gasteiger partial charge in [0.25, 0.3) is 7.82 Å². The molecule has 0 amide bonds. The van der Waals surface area contributed by atoms with Crippen LogP contribution in [0.5, 0.6) is 0 Å². The summed E-state index contributed by atoms with van der Waals surface area (Å²) in [6.45, 7) is 4.23. The van der Waals surface area contributed by atoms with Crippen LogP contribution in [0.15, 0.2) is 36.5 Å². The van der Waals surface area contributed by atoms with E-state index in [1.807, 2.05) is 21.1 Å². The van der Waals surface area contributed by atoms with Gasteiger partial charge in [0.05, 0.1) is 27.7 Å². The molecule has 0 saturated carbocycles. The van der Waals surface area contributed by atoms with Gasteiger partial charge in [-0.25, -0.2) is 0 Å². The van der Waals surface area contributed by atoms with Crippen LogP contribution in [0, 0.1) is 0 Å². The smallest absolute Gasteiger partial charge is 0.306 e. The molecule has 0 N–H and O–H groups in total. The molecule has 0 aliphatic rings. The number of hydrogen-bond donors (Lipinski definition) is 0. The molecule has 0 aromatic rings. The van der Waals surface area contributed by atoms with Crippen molar-refractivity contribution in [3.05, 3.63) is 36.5 Å². The number of unbranched alkanes of at least 4 members (excludes halogenated alkanes) is 33. The molecule has 0 aliphatic carbocycles. The molecule has 0 aromatic carbocycles. The largest absolute Gasteiger partial charge is 0.756 e. The number of rotatable bonds is 53. The average Bonchev–Trinajstić information content (AvgIpc) is 3.30. The second kappa shape index (κ2) is 50.2. The molecular formula is C58H110NO8P. The highest BCUT2D eigenvalue weighted by Gasteiger charge is 2.21. The first-order valence-electron chi connectivity index (χ1n) is 28.7. The fraction of sp³-hybridized carbons (Fsp3) is 0.862. The van der Waals surface area contributed by atoms with Gasteiger partial charge in [-0.2, -0.15) is 0 Å². The highest BCUT2D eigenvalue weighted by Crippen LogP contribution is 2.38. The van der Waals surface area contributed by atoms with Gasteiger partial charge >= 0.3 is 11.9 Å². The maximum Gasteiger partial charge on any atom is 0.306 e. The summed E-state index contributed by atoms with van der Waals surface area (Å²) in [7, 11) is 1.15. The second-order valence-electron chi connectivity index (χ2n) is 20.6. The van der Waals surface area contributed by atoms with Crippen LogP contribution in [-0.4, -0.2) is 70.0 Å². The summed E-state index contributed by atoms with van der Waals surface area (Å²) in [6, 6.07) is 0. The van der Waals surface area contributed by atoms with Crippen molar-refractivity contribution in [2.75, 3.05) is 47.5 Å². The standard InChI is InChI=1S/C58H110NO8P/c1-6-8-10-12-14-16-18-20-22-24-26-28-29-31-32-34-36-38-40-42-44-46-48-50-57(60)64-54-56(55-66-68(62,63)65-53-52-59(3,4)5)67-58(61)51-49-47-45-43-41-39-37-35-33-30-27-25-23-21-19-17-15-13-11-9-7-2/h21,23,34,36,42,44,56H,6-20,22,24-33,35,37-41,43,45-55H2,1-5H3/b23-21+,36-34+,44-42+/t56-/m1/s1. The lowest BCUT2D eigenvalue weighted by atomic mass is 10.0. The van der Waals surface area contributed by atoms with Crippen LogP contribution < -0.4 is 4.89 Å². The number of carbonyl (C=O) groups excluding carboxylic acids is 2. The number of likely N-dealkylation sites (N-methyl/N-ethyl adjacent to an activating group) is 1. The first-order valence-corrected chi connectivity index (χ1v) is 30.2. The minimum Gasteiger partial charge on any atom is -0.756 e. The minimum absolute atomic E-state index is 0.0358. The third-order valence-electron chi connectivity index (χ3n) is 12.6. The summed E-state index contributed by atoms with van der Waals surface area (Å²) in [5.74, 6) is -0.874. The van der Waals surface area contributed by atoms with Crippen LogP contribution in [-0.2, 0) is 32.7 Å². The van der Waals surface area contributed by atoms with E-state index in [0.717, 1.165) is 44.9 Å². The van der Waals surface area contributed by atoms with Crippen molar-refractivity contribution >= 4 is 19.8 Å². The van der Waals surface area contributed by atoms with Crippen molar-refractivity contribution in [2.45, 2.75) is 277 Å². The molecule has 10 heteroatoms. The fourth-order valence-electron chi connectivity index (χ4n) is 8.14. The predicted molar refractivity (Wildman–Crippen MR) is 287 cm³/mol. The van der Waals surface area contributed by atoms with Crippen molar-refractivity contribution in [3.63, 3.8) is 0 Å². The van der Waals surface area contributed by atoms with Crippen molar-refractivity contribution in [2.24, 2.45) is 0 Å². The van der Waals surface area contributed by atoms with E-state index in [0.29, 0.717) is 23.9 Å². The van der Waals surface area contributed by atoms with E-state index in [-0.39, 0.29) is 26.1 Å². The molecule has 0 fully saturated rings. The first kappa shape index (κ1) is 66.2. The van der Waals surface area contributed by atoms with Crippen LogP contribution in [0.25, 0.3) is 0 Å². The first-order chi connectivity index (χ1) is 33.0. The molecule has 0 aliphatic heterocycles. The third kappa shape index (κ3) is 53.6. The summed E-state index contributed by atoms with van der Waals surface area (Å²) in [5.41, 5.74) is 0. The Morgan fingerprint density at radius 3 is 1.18 bits per heavy atom. The number of allylic oxidation sites excluding steroid dienone is 6. The Morgan fingerprint density at radius 1 is 0.441 bits per heavy atom. The number of esters is 2. The molecule has 0 bridgehead atoms. The van der Waals surface area contributed by atoms with Crippen LogP contribution in [0.3, 0.4) is 0 Å². The number of hydrogen-bond acceptors (Lipinski definition) is 8. The molecule has 0 rings (SSSR count). The number of ether oxygens (including phenoxy) is 2. The van der Waals surface area contributed by atoms with E-state index < -0.39 is 32.5 Å². The Hall–Kier alpha value is -1.77. The Kier molecular flexibility index (Phi) is 48.9. The predicted octanol–water partition coefficient (Wildman–Crippen LogP) is 17.0. The number of phosphoric acid groups is 1. The molecule has 9 nitrogen and oxygen atoms in total. The maximum absolute atomic E-state index is 12.8. The second-order valence-corrected chi connectivity index (χ2v) is 22.0. The minimum atomic E-state index is -4.64. The van der Waals surface area contributed by atoms with E-state index in [1.54, 1.807) is 0 Å². The number of carbonyl (C=O) groups is 2. The van der Waals surface area contributed by atoms with Crippen LogP contribution >= 0.6 is 7.82 Å². The van der Waals surface area contributed by atoms with Gasteiger partial charge in [0.2, 0.25) is 0 Å². The van der Waals surface area contributed by atoms with Gasteiger partial charge < -0.3 is 27.9 Å². The molecule has 1 unspecified atom stereocenters. The average molecular weight is 980 g/mol. The molecular weight excluding hydrogens is 870 g/mol. The van der Waals surface area contributed by atoms with Gasteiger partial charge in [-0.3, -0.25) is 14.2 Å². The molecule has 0 aromatic heterocycles. The summed E-state index contributed by atoms with van der Waals surface area (Å²) in [6.07, 6.45) is 60.6. The van der Waals surface area contributed by atoms with Gasteiger partial charge in [-0.05, 0) is 70.6 Å². The Balaban J connectivity index is 4.21. The lowest BCUT2D eigenvalue weighted by Crippen LogP contribution is -2.37. The normalized spacial score (nSPS) is 13.6. The van der Waals surface area contributed by atoms with Crippen LogP contribution in [0.1, 0.15) is 271 Å². The van der Waals surface area contributed by atoms with E-state index in [1.165, 1.54) is 186 Å².